The zero-order valence-corrected chi connectivity index (χ0v) is 13.0. The summed E-state index contributed by atoms with van der Waals surface area (Å²) in [6, 6.07) is 1.81. The molecular weight excluding hydrogens is 302 g/mol. The summed E-state index contributed by atoms with van der Waals surface area (Å²) in [5.41, 5.74) is 4.15. The average molecular weight is 316 g/mol. The van der Waals surface area contributed by atoms with Crippen molar-refractivity contribution in [2.24, 2.45) is 7.05 Å². The van der Waals surface area contributed by atoms with Gasteiger partial charge in [0.25, 0.3) is 0 Å². The lowest BCUT2D eigenvalue weighted by atomic mass is 10.1. The van der Waals surface area contributed by atoms with Gasteiger partial charge in [0.05, 0.1) is 30.2 Å². The summed E-state index contributed by atoms with van der Waals surface area (Å²) in [6.07, 6.45) is 5.54. The highest BCUT2D eigenvalue weighted by Crippen LogP contribution is 2.46. The van der Waals surface area contributed by atoms with Crippen LogP contribution in [0, 0.1) is 0 Å². The van der Waals surface area contributed by atoms with Crippen LogP contribution in [-0.4, -0.2) is 31.6 Å². The van der Waals surface area contributed by atoms with Gasteiger partial charge in [-0.25, -0.2) is 19.9 Å². The predicted molar refractivity (Wildman–Crippen MR) is 83.1 cm³/mol. The van der Waals surface area contributed by atoms with Crippen LogP contribution in [0.15, 0.2) is 18.7 Å². The van der Waals surface area contributed by atoms with E-state index in [1.807, 2.05) is 11.6 Å². The SMILES string of the molecule is COc1ncnc(C2CC2)c1-c1nc(Cl)cc2c1ncn2C. The molecule has 0 bridgehead atoms. The number of aromatic nitrogens is 5. The van der Waals surface area contributed by atoms with Crippen molar-refractivity contribution in [1.29, 1.82) is 0 Å². The van der Waals surface area contributed by atoms with Crippen LogP contribution in [0.3, 0.4) is 0 Å². The first-order chi connectivity index (χ1) is 10.7. The molecule has 0 radical (unpaired) electrons. The van der Waals surface area contributed by atoms with Gasteiger partial charge in [0.15, 0.2) is 0 Å². The van der Waals surface area contributed by atoms with E-state index in [4.69, 9.17) is 16.3 Å². The van der Waals surface area contributed by atoms with Gasteiger partial charge in [-0.3, -0.25) is 0 Å². The van der Waals surface area contributed by atoms with Crippen LogP contribution in [0.4, 0.5) is 0 Å². The fourth-order valence-corrected chi connectivity index (χ4v) is 2.89. The van der Waals surface area contributed by atoms with Gasteiger partial charge < -0.3 is 9.30 Å². The van der Waals surface area contributed by atoms with Gasteiger partial charge in [-0.05, 0) is 12.8 Å². The van der Waals surface area contributed by atoms with Crippen molar-refractivity contribution in [3.63, 3.8) is 0 Å². The first-order valence-corrected chi connectivity index (χ1v) is 7.43. The number of aryl methyl sites for hydroxylation is 1. The molecular formula is C15H14ClN5O. The molecule has 4 rings (SSSR count). The second kappa shape index (κ2) is 4.91. The predicted octanol–water partition coefficient (Wildman–Crippen LogP) is 2.96. The Balaban J connectivity index is 2.07. The van der Waals surface area contributed by atoms with E-state index in [2.05, 4.69) is 19.9 Å². The number of imidazole rings is 1. The van der Waals surface area contributed by atoms with E-state index in [-0.39, 0.29) is 0 Å². The molecule has 0 unspecified atom stereocenters. The third-order valence-corrected chi connectivity index (χ3v) is 4.11. The number of pyridine rings is 1. The number of rotatable bonds is 3. The molecule has 7 heteroatoms. The number of ether oxygens (including phenoxy) is 1. The summed E-state index contributed by atoms with van der Waals surface area (Å²) in [6.45, 7) is 0. The molecule has 1 saturated carbocycles. The Morgan fingerprint density at radius 2 is 2.09 bits per heavy atom. The van der Waals surface area contributed by atoms with Crippen LogP contribution in [0.5, 0.6) is 5.88 Å². The lowest BCUT2D eigenvalue weighted by Crippen LogP contribution is -2.01. The summed E-state index contributed by atoms with van der Waals surface area (Å²) in [5, 5.41) is 0.416. The zero-order valence-electron chi connectivity index (χ0n) is 12.2. The highest BCUT2D eigenvalue weighted by molar-refractivity contribution is 6.30. The minimum Gasteiger partial charge on any atom is -0.480 e. The minimum absolute atomic E-state index is 0.416. The van der Waals surface area contributed by atoms with E-state index in [0.717, 1.165) is 35.1 Å². The number of nitrogens with zero attached hydrogens (tertiary/aromatic N) is 5. The Kier molecular flexibility index (Phi) is 3.00. The Bertz CT molecular complexity index is 872. The standard InChI is InChI=1S/C15H14ClN5O/c1-21-7-19-13-9(21)5-10(16)20-14(13)11-12(8-3-4-8)17-6-18-15(11)22-2/h5-8H,3-4H2,1-2H3. The van der Waals surface area contributed by atoms with E-state index in [1.54, 1.807) is 19.5 Å². The van der Waals surface area contributed by atoms with Gasteiger partial charge in [0.1, 0.15) is 22.7 Å². The van der Waals surface area contributed by atoms with Crippen molar-refractivity contribution < 1.29 is 4.74 Å². The van der Waals surface area contributed by atoms with Crippen LogP contribution in [0.1, 0.15) is 24.5 Å². The second-order valence-electron chi connectivity index (χ2n) is 5.43. The molecule has 3 aromatic heterocycles. The smallest absolute Gasteiger partial charge is 0.226 e. The largest absolute Gasteiger partial charge is 0.480 e. The highest BCUT2D eigenvalue weighted by Gasteiger charge is 2.32. The number of fused-ring (bicyclic) bond motifs is 1. The van der Waals surface area contributed by atoms with E-state index in [9.17, 15) is 0 Å². The second-order valence-corrected chi connectivity index (χ2v) is 5.82. The molecule has 1 aliphatic rings. The van der Waals surface area contributed by atoms with Crippen molar-refractivity contribution in [1.82, 2.24) is 24.5 Å². The van der Waals surface area contributed by atoms with Crippen molar-refractivity contribution in [3.8, 4) is 17.1 Å². The number of hydrogen-bond acceptors (Lipinski definition) is 5. The molecule has 0 aromatic carbocycles. The number of hydrogen-bond donors (Lipinski definition) is 0. The summed E-state index contributed by atoms with van der Waals surface area (Å²) >= 11 is 6.21. The monoisotopic (exact) mass is 315 g/mol. The van der Waals surface area contributed by atoms with Gasteiger partial charge in [0.2, 0.25) is 5.88 Å². The van der Waals surface area contributed by atoms with Crippen LogP contribution >= 0.6 is 11.6 Å². The topological polar surface area (TPSA) is 65.7 Å². The normalized spacial score (nSPS) is 14.5. The van der Waals surface area contributed by atoms with Gasteiger partial charge in [-0.2, -0.15) is 0 Å². The van der Waals surface area contributed by atoms with Crippen molar-refractivity contribution in [2.45, 2.75) is 18.8 Å². The van der Waals surface area contributed by atoms with Gasteiger partial charge in [0, 0.05) is 19.0 Å². The first-order valence-electron chi connectivity index (χ1n) is 7.06. The highest BCUT2D eigenvalue weighted by atomic mass is 35.5. The maximum absolute atomic E-state index is 6.21. The fourth-order valence-electron chi connectivity index (χ4n) is 2.70. The van der Waals surface area contributed by atoms with E-state index >= 15 is 0 Å². The van der Waals surface area contributed by atoms with Crippen LogP contribution in [0.2, 0.25) is 5.15 Å². The zero-order chi connectivity index (χ0) is 15.3. The molecule has 3 heterocycles. The minimum atomic E-state index is 0.416. The van der Waals surface area contributed by atoms with E-state index in [1.165, 1.54) is 6.33 Å². The fraction of sp³-hybridized carbons (Fsp3) is 0.333. The molecule has 0 saturated heterocycles. The molecule has 6 nitrogen and oxygen atoms in total. The quantitative estimate of drug-likeness (QED) is 0.695. The van der Waals surface area contributed by atoms with Gasteiger partial charge in [-0.1, -0.05) is 11.6 Å². The Morgan fingerprint density at radius 1 is 1.27 bits per heavy atom. The van der Waals surface area contributed by atoms with Crippen molar-refractivity contribution in [2.75, 3.05) is 7.11 Å². The summed E-state index contributed by atoms with van der Waals surface area (Å²) < 4.78 is 7.36. The first kappa shape index (κ1) is 13.5. The maximum Gasteiger partial charge on any atom is 0.226 e. The third-order valence-electron chi connectivity index (χ3n) is 3.92. The van der Waals surface area contributed by atoms with Crippen LogP contribution in [-0.2, 0) is 7.05 Å². The molecule has 1 aliphatic carbocycles. The number of methoxy groups -OCH3 is 1. The third kappa shape index (κ3) is 2.02. The lowest BCUT2D eigenvalue weighted by molar-refractivity contribution is 0.397. The Morgan fingerprint density at radius 3 is 2.82 bits per heavy atom. The molecule has 0 aliphatic heterocycles. The van der Waals surface area contributed by atoms with Crippen LogP contribution in [0.25, 0.3) is 22.3 Å². The van der Waals surface area contributed by atoms with Crippen LogP contribution < -0.4 is 4.74 Å². The molecule has 3 aromatic rings. The van der Waals surface area contributed by atoms with E-state index < -0.39 is 0 Å². The summed E-state index contributed by atoms with van der Waals surface area (Å²) in [7, 11) is 3.53. The number of halogens is 1. The summed E-state index contributed by atoms with van der Waals surface area (Å²) in [4.78, 5) is 17.7. The molecule has 0 spiro atoms. The Hall–Kier alpha value is -2.21. The average Bonchev–Trinajstić information content (AvgIpc) is 3.31. The molecule has 0 atom stereocenters. The van der Waals surface area contributed by atoms with Gasteiger partial charge >= 0.3 is 0 Å². The molecule has 112 valence electrons. The lowest BCUT2D eigenvalue weighted by Gasteiger charge is -2.12. The van der Waals surface area contributed by atoms with Gasteiger partial charge in [-0.15, -0.1) is 0 Å². The molecule has 0 amide bonds. The Labute approximate surface area is 132 Å². The maximum atomic E-state index is 6.21. The molecule has 1 fully saturated rings. The summed E-state index contributed by atoms with van der Waals surface area (Å²) in [5.74, 6) is 0.949. The van der Waals surface area contributed by atoms with E-state index in [0.29, 0.717) is 22.6 Å². The van der Waals surface area contributed by atoms with Crippen molar-refractivity contribution in [3.05, 3.63) is 29.6 Å². The molecule has 0 N–H and O–H groups in total. The molecule has 22 heavy (non-hydrogen) atoms. The van der Waals surface area contributed by atoms with Crippen molar-refractivity contribution >= 4 is 22.6 Å².